The molecule has 5 nitrogen and oxygen atoms in total. The van der Waals surface area contributed by atoms with Crippen molar-refractivity contribution in [1.82, 2.24) is 15.5 Å². The topological polar surface area (TPSA) is 61.4 Å². The lowest BCUT2D eigenvalue weighted by atomic mass is 9.97. The molecule has 0 unspecified atom stereocenters. The van der Waals surface area contributed by atoms with Crippen LogP contribution in [0.4, 0.5) is 9.18 Å². The molecule has 25 heavy (non-hydrogen) atoms. The van der Waals surface area contributed by atoms with Crippen LogP contribution >= 0.6 is 0 Å². The van der Waals surface area contributed by atoms with Crippen molar-refractivity contribution >= 4 is 11.9 Å². The summed E-state index contributed by atoms with van der Waals surface area (Å²) in [5.74, 6) is -0.443. The van der Waals surface area contributed by atoms with Gasteiger partial charge in [-0.3, -0.25) is 4.79 Å². The zero-order chi connectivity index (χ0) is 18.4. The number of nitrogens with one attached hydrogen (secondary N) is 2. The Hall–Kier alpha value is -2.11. The van der Waals surface area contributed by atoms with Gasteiger partial charge in [-0.1, -0.05) is 32.9 Å². The number of piperidine rings is 1. The summed E-state index contributed by atoms with van der Waals surface area (Å²) < 4.78 is 13.2. The number of amides is 3. The fourth-order valence-corrected chi connectivity index (χ4v) is 2.79. The van der Waals surface area contributed by atoms with E-state index < -0.39 is 0 Å². The quantitative estimate of drug-likeness (QED) is 0.878. The van der Waals surface area contributed by atoms with Crippen molar-refractivity contribution in [2.75, 3.05) is 19.6 Å². The second-order valence-corrected chi connectivity index (χ2v) is 7.85. The molecule has 0 radical (unpaired) electrons. The summed E-state index contributed by atoms with van der Waals surface area (Å²) in [4.78, 5) is 26.0. The van der Waals surface area contributed by atoms with E-state index in [9.17, 15) is 14.0 Å². The molecule has 0 atom stereocenters. The molecule has 0 saturated carbocycles. The van der Waals surface area contributed by atoms with Crippen molar-refractivity contribution in [3.8, 4) is 0 Å². The number of halogens is 1. The molecule has 1 fully saturated rings. The lowest BCUT2D eigenvalue weighted by molar-refractivity contribution is -0.121. The Morgan fingerprint density at radius 1 is 1.24 bits per heavy atom. The number of carbonyl (C=O) groups excluding carboxylic acids is 2. The molecule has 2 rings (SSSR count). The van der Waals surface area contributed by atoms with Crippen molar-refractivity contribution in [2.45, 2.75) is 46.1 Å². The molecule has 1 heterocycles. The number of nitrogens with zero attached hydrogens (tertiary/aromatic N) is 1. The van der Waals surface area contributed by atoms with Gasteiger partial charge in [0.2, 0.25) is 5.91 Å². The maximum absolute atomic E-state index is 13.2. The van der Waals surface area contributed by atoms with E-state index >= 15 is 0 Å². The Morgan fingerprint density at radius 2 is 1.92 bits per heavy atom. The van der Waals surface area contributed by atoms with E-state index in [-0.39, 0.29) is 35.6 Å². The lowest BCUT2D eigenvalue weighted by Crippen LogP contribution is -2.50. The summed E-state index contributed by atoms with van der Waals surface area (Å²) in [7, 11) is 0. The number of likely N-dealkylation sites (tertiary alicyclic amines) is 1. The molecule has 1 aliphatic rings. The average molecular weight is 349 g/mol. The Bertz CT molecular complexity index is 605. The van der Waals surface area contributed by atoms with Crippen LogP contribution in [-0.2, 0) is 11.2 Å². The molecule has 1 aromatic carbocycles. The average Bonchev–Trinajstić information content (AvgIpc) is 2.52. The third-order valence-electron chi connectivity index (χ3n) is 4.17. The predicted molar refractivity (Wildman–Crippen MR) is 95.7 cm³/mol. The highest BCUT2D eigenvalue weighted by molar-refractivity contribution is 5.79. The van der Waals surface area contributed by atoms with Crippen LogP contribution in [0.15, 0.2) is 24.3 Å². The number of carbonyl (C=O) groups is 2. The maximum atomic E-state index is 13.2. The minimum atomic E-state index is -0.333. The third-order valence-corrected chi connectivity index (χ3v) is 4.17. The highest BCUT2D eigenvalue weighted by atomic mass is 19.1. The highest BCUT2D eigenvalue weighted by Gasteiger charge is 2.24. The number of urea groups is 1. The first-order valence-electron chi connectivity index (χ1n) is 8.79. The summed E-state index contributed by atoms with van der Waals surface area (Å²) in [5.41, 5.74) is 0.718. The molecule has 0 aliphatic carbocycles. The summed E-state index contributed by atoms with van der Waals surface area (Å²) in [6.45, 7) is 8.12. The van der Waals surface area contributed by atoms with Crippen LogP contribution in [0.1, 0.15) is 39.2 Å². The molecule has 2 N–H and O–H groups in total. The van der Waals surface area contributed by atoms with Crippen LogP contribution in [0.3, 0.4) is 0 Å². The van der Waals surface area contributed by atoms with Crippen LogP contribution in [-0.4, -0.2) is 42.5 Å². The molecule has 3 amide bonds. The van der Waals surface area contributed by atoms with Crippen molar-refractivity contribution in [2.24, 2.45) is 5.41 Å². The van der Waals surface area contributed by atoms with Gasteiger partial charge in [-0.15, -0.1) is 0 Å². The van der Waals surface area contributed by atoms with E-state index in [0.29, 0.717) is 25.2 Å². The largest absolute Gasteiger partial charge is 0.353 e. The SMILES string of the molecule is CC(C)(C)CNC(=O)N1CCC(NC(=O)Cc2cccc(F)c2)CC1. The first-order valence-corrected chi connectivity index (χ1v) is 8.79. The Morgan fingerprint density at radius 3 is 2.52 bits per heavy atom. The van der Waals surface area contributed by atoms with Gasteiger partial charge in [-0.25, -0.2) is 9.18 Å². The third kappa shape index (κ3) is 6.72. The smallest absolute Gasteiger partial charge is 0.317 e. The van der Waals surface area contributed by atoms with Gasteiger partial charge in [0.15, 0.2) is 0 Å². The lowest BCUT2D eigenvalue weighted by Gasteiger charge is -2.33. The van der Waals surface area contributed by atoms with Gasteiger partial charge < -0.3 is 15.5 Å². The first kappa shape index (κ1) is 19.2. The highest BCUT2D eigenvalue weighted by Crippen LogP contribution is 2.13. The van der Waals surface area contributed by atoms with Crippen molar-refractivity contribution in [3.63, 3.8) is 0 Å². The monoisotopic (exact) mass is 349 g/mol. The summed E-state index contributed by atoms with van der Waals surface area (Å²) >= 11 is 0. The van der Waals surface area contributed by atoms with E-state index in [1.54, 1.807) is 17.0 Å². The zero-order valence-electron chi connectivity index (χ0n) is 15.3. The van der Waals surface area contributed by atoms with Gasteiger partial charge in [0.05, 0.1) is 6.42 Å². The second kappa shape index (κ2) is 8.32. The molecule has 138 valence electrons. The summed E-state index contributed by atoms with van der Waals surface area (Å²) in [6.07, 6.45) is 1.64. The van der Waals surface area contributed by atoms with Crippen molar-refractivity contribution < 1.29 is 14.0 Å². The molecule has 0 bridgehead atoms. The van der Waals surface area contributed by atoms with Crippen molar-refractivity contribution in [3.05, 3.63) is 35.6 Å². The number of rotatable bonds is 4. The van der Waals surface area contributed by atoms with E-state index in [0.717, 1.165) is 12.8 Å². The minimum absolute atomic E-state index is 0.0422. The minimum Gasteiger partial charge on any atom is -0.353 e. The maximum Gasteiger partial charge on any atom is 0.317 e. The Kier molecular flexibility index (Phi) is 6.39. The van der Waals surface area contributed by atoms with Crippen molar-refractivity contribution in [1.29, 1.82) is 0 Å². The van der Waals surface area contributed by atoms with Gasteiger partial charge in [0, 0.05) is 25.7 Å². The van der Waals surface area contributed by atoms with Gasteiger partial charge in [0.25, 0.3) is 0 Å². The molecular formula is C19H28FN3O2. The fraction of sp³-hybridized carbons (Fsp3) is 0.579. The molecule has 1 saturated heterocycles. The zero-order valence-corrected chi connectivity index (χ0v) is 15.3. The van der Waals surface area contributed by atoms with Gasteiger partial charge >= 0.3 is 6.03 Å². The van der Waals surface area contributed by atoms with Gasteiger partial charge in [-0.05, 0) is 36.0 Å². The van der Waals surface area contributed by atoms with E-state index in [4.69, 9.17) is 0 Å². The molecule has 6 heteroatoms. The molecule has 1 aromatic rings. The predicted octanol–water partition coefficient (Wildman–Crippen LogP) is 2.70. The molecular weight excluding hydrogens is 321 g/mol. The number of hydrogen-bond acceptors (Lipinski definition) is 2. The summed E-state index contributed by atoms with van der Waals surface area (Å²) in [6, 6.07) is 6.10. The Balaban J connectivity index is 1.73. The van der Waals surface area contributed by atoms with E-state index in [2.05, 4.69) is 31.4 Å². The fourth-order valence-electron chi connectivity index (χ4n) is 2.79. The van der Waals surface area contributed by atoms with Crippen LogP contribution in [0.25, 0.3) is 0 Å². The van der Waals surface area contributed by atoms with E-state index in [1.165, 1.54) is 12.1 Å². The molecule has 0 spiro atoms. The summed E-state index contributed by atoms with van der Waals surface area (Å²) in [5, 5.41) is 5.93. The Labute approximate surface area is 149 Å². The van der Waals surface area contributed by atoms with Gasteiger partial charge in [0.1, 0.15) is 5.82 Å². The second-order valence-electron chi connectivity index (χ2n) is 7.85. The van der Waals surface area contributed by atoms with E-state index in [1.807, 2.05) is 0 Å². The number of benzene rings is 1. The van der Waals surface area contributed by atoms with Gasteiger partial charge in [-0.2, -0.15) is 0 Å². The molecule has 1 aliphatic heterocycles. The number of hydrogen-bond donors (Lipinski definition) is 2. The first-order chi connectivity index (χ1) is 11.7. The normalized spacial score (nSPS) is 15.8. The van der Waals surface area contributed by atoms with Crippen LogP contribution in [0.2, 0.25) is 0 Å². The standard InChI is InChI=1S/C19H28FN3O2/c1-19(2,3)13-21-18(25)23-9-7-16(8-10-23)22-17(24)12-14-5-4-6-15(20)11-14/h4-6,11,16H,7-10,12-13H2,1-3H3,(H,21,25)(H,22,24). The van der Waals surface area contributed by atoms with Crippen LogP contribution in [0.5, 0.6) is 0 Å². The van der Waals surface area contributed by atoms with Crippen LogP contribution < -0.4 is 10.6 Å². The molecule has 0 aromatic heterocycles. The van der Waals surface area contributed by atoms with Crippen LogP contribution in [0, 0.1) is 11.2 Å².